The third-order valence-corrected chi connectivity index (χ3v) is 27.6. The number of hydrogen-bond acceptors (Lipinski definition) is 36. The van der Waals surface area contributed by atoms with Crippen molar-refractivity contribution >= 4 is 63.4 Å². The Morgan fingerprint density at radius 2 is 0.916 bits per heavy atom. The van der Waals surface area contributed by atoms with Gasteiger partial charge in [0.05, 0.1) is 172 Å². The molecule has 0 radical (unpaired) electrons. The van der Waals surface area contributed by atoms with E-state index < -0.39 is 0 Å². The molecule has 119 heavy (non-hydrogen) atoms. The van der Waals surface area contributed by atoms with Crippen LogP contribution >= 0.6 is 45.2 Å². The Hall–Kier alpha value is 0.563. The van der Waals surface area contributed by atoms with Crippen LogP contribution in [-0.2, 0) is 147 Å². The molecule has 23 fully saturated rings. The van der Waals surface area contributed by atoms with Crippen molar-refractivity contribution in [2.24, 2.45) is 82.9 Å². The molecule has 0 amide bonds. The van der Waals surface area contributed by atoms with Crippen LogP contribution < -0.4 is 108 Å². The van der Waals surface area contributed by atoms with Gasteiger partial charge in [-0.3, -0.25) is 14.4 Å². The van der Waals surface area contributed by atoms with E-state index in [-0.39, 0.29) is 295 Å². The van der Waals surface area contributed by atoms with Crippen molar-refractivity contribution in [1.82, 2.24) is 0 Å². The van der Waals surface area contributed by atoms with Gasteiger partial charge in [-0.25, -0.2) is 0 Å². The van der Waals surface area contributed by atoms with Crippen LogP contribution in [0, 0.1) is 95.2 Å². The fourth-order valence-corrected chi connectivity index (χ4v) is 20.8. The summed E-state index contributed by atoms with van der Waals surface area (Å²) in [6.07, 6.45) is 21.0. The van der Waals surface area contributed by atoms with Gasteiger partial charge in [0.2, 0.25) is 6.29 Å². The zero-order valence-corrected chi connectivity index (χ0v) is 78.0. The van der Waals surface area contributed by atoms with Gasteiger partial charge in [0.25, 0.3) is 6.47 Å². The molecule has 0 aromatic carbocycles. The number of aliphatic hydroxyl groups excluding tert-OH is 4. The summed E-state index contributed by atoms with van der Waals surface area (Å²) in [5.74, 6) is 6.98. The summed E-state index contributed by atoms with van der Waals surface area (Å²) < 4.78 is 144. The van der Waals surface area contributed by atoms with E-state index in [1.807, 2.05) is 6.08 Å². The first-order chi connectivity index (χ1) is 57.0. The van der Waals surface area contributed by atoms with Crippen LogP contribution in [0.4, 0.5) is 0 Å². The Morgan fingerprint density at radius 1 is 0.496 bits per heavy atom. The van der Waals surface area contributed by atoms with Crippen molar-refractivity contribution < 1.29 is 277 Å². The minimum absolute atomic E-state index is 0. The number of hydrogen-bond donors (Lipinski definition) is 4. The smallest absolute Gasteiger partial charge is 1.00 e. The molecule has 0 saturated carbocycles. The number of ketones is 1. The zero-order valence-electron chi connectivity index (χ0n) is 68.5. The van der Waals surface area contributed by atoms with Crippen LogP contribution in [0.5, 0.6) is 0 Å². The summed E-state index contributed by atoms with van der Waals surface area (Å²) >= 11 is 4.80. The molecular formula is C79H114I2K2O36. The first kappa shape index (κ1) is 98.6. The molecule has 25 aliphatic rings. The number of halogens is 2. The van der Waals surface area contributed by atoms with E-state index in [0.717, 1.165) is 130 Å². The normalized spacial score (nSPS) is 45.6. The Kier molecular flexibility index (Phi) is 40.7. The Morgan fingerprint density at radius 3 is 1.41 bits per heavy atom. The molecule has 0 spiro atoms. The second kappa shape index (κ2) is 49.2. The third-order valence-electron chi connectivity index (χ3n) is 24.8. The van der Waals surface area contributed by atoms with E-state index in [9.17, 15) is 30.0 Å². The molecule has 23 saturated heterocycles. The second-order valence-electron chi connectivity index (χ2n) is 32.0. The van der Waals surface area contributed by atoms with Crippen molar-refractivity contribution in [1.29, 1.82) is 0 Å². The predicted molar refractivity (Wildman–Crippen MR) is 407 cm³/mol. The summed E-state index contributed by atoms with van der Waals surface area (Å²) in [5, 5.41) is 46.0. The molecule has 0 aromatic rings. The standard InChI is InChI=1S/C9H11IO3.C9H12O3.2C8H12O4.C8H10O4.C8H12O4.C6H9IO2.2C6H10O3.C6H8O2.C4H6O.CH2O3.2K.H/c1-2-4-11-9-7(10)6-3-5-12-8(6)13-9;1-5-4-11-9-7(5)6-2-3-10-8(6)12-9;3*9-5-3-11-8-6(5)4-1-2-10-7(4)12-8;1-5(9)12-7-4-11-8-6(7)2-3-10-8;3*7-5-3-9-6-4(5)1-2-8-6;1-3-7-6-5(1)2-4-8-6;1-2-4-5-3-1;2-1-4-3;;;/h1,6-9H,3-5H2;6-9H,1-4H2;2*4-9H,1-3H2;4,6-8H,1-3H2;6-8H,2-4H2,1H3;4-6H,1-3H2;2*4-7H,1-3H2;1,3,5-6H,2,4H2;1,3H,2,4H2;1,3H;;;/q;;;;;;;;;;;;2*+1;-1/p-1/t6-,7-,8+,9-;6-,7+,8+,9-;2*4-,5-,6-,7+,8-;4-,6-,7+,8-;6-,7-,8+;4-,5+,6+;2*4-,5-,6+;5-,6+;;;;;/m0010010101...../s1. The quantitative estimate of drug-likeness (QED) is 0.0247. The monoisotopic (exact) mass is 1970 g/mol. The molecule has 0 aromatic heterocycles. The van der Waals surface area contributed by atoms with Crippen LogP contribution in [0.2, 0.25) is 0 Å². The Labute approximate surface area is 805 Å². The summed E-state index contributed by atoms with van der Waals surface area (Å²) in [7, 11) is 0. The zero-order chi connectivity index (χ0) is 81.5. The number of fused-ring (bicyclic) bond motifs is 18. The SMILES string of the molecule is C#CCO[C@H]1O[C@H]2OCC[C@H]2[C@@H]1I.C1=COCC1.C1=C[C@@H]2CCO[C@@H]2O1.C=C1CO[C@H]2O[C@H]3OCC[C@H]3[C@@H]12.CC(=O)O[C@@H]1CO[C@@H]2OCC[C@@H]21.I[C@@H]1CO[C@H]2OCC[C@H]21.O=C1CO[C@H]2O[C@H]3OCC[C@H]3[C@@H]12.O=CO[O-].O[C@@H]1CO[C@@H]2OCC[C@@H]21.O[C@@H]1CO[C@@H]2O[C@@H]3OCC[C@@H]3[C@@H]21.O[C@H]1CO[C@H]2OCC[C@H]21.O[C@H]1CO[C@H]2O[C@H]3OCC[C@H]3[C@H]21.[H-].[K+].[K+]. The summed E-state index contributed by atoms with van der Waals surface area (Å²) in [4.78, 5) is 33.3. The van der Waals surface area contributed by atoms with E-state index in [2.05, 4.69) is 68.6 Å². The average Bonchev–Trinajstić information content (AvgIpc) is 1.62. The number of carbonyl (C=O) groups excluding carboxylic acids is 3. The van der Waals surface area contributed by atoms with Gasteiger partial charge in [0.1, 0.15) is 19.3 Å². The topological polar surface area (TPSA) is 414 Å². The van der Waals surface area contributed by atoms with Crippen molar-refractivity contribution in [3.63, 3.8) is 0 Å². The van der Waals surface area contributed by atoms with Crippen molar-refractivity contribution in [3.8, 4) is 12.3 Å². The van der Waals surface area contributed by atoms with Crippen LogP contribution in [0.15, 0.2) is 36.8 Å². The number of ether oxygens (including phenoxy) is 27. The Balaban J connectivity index is 0.000000129. The van der Waals surface area contributed by atoms with Crippen LogP contribution in [-0.4, -0.2) is 304 Å². The molecule has 4 N–H and O–H groups in total. The summed E-state index contributed by atoms with van der Waals surface area (Å²) in [6.45, 7) is 18.2. The molecule has 0 bridgehead atoms. The minimum Gasteiger partial charge on any atom is -1.00 e. The van der Waals surface area contributed by atoms with Gasteiger partial charge in [-0.1, -0.05) is 57.7 Å². The number of terminal acetylenes is 1. The maximum atomic E-state index is 11.3. The van der Waals surface area contributed by atoms with E-state index in [4.69, 9.17) is 144 Å². The molecular weight excluding hydrogens is 1860 g/mol. The fourth-order valence-electron chi connectivity index (χ4n) is 18.8. The van der Waals surface area contributed by atoms with Gasteiger partial charge < -0.3 is 160 Å². The molecule has 0 unspecified atom stereocenters. The van der Waals surface area contributed by atoms with Crippen LogP contribution in [0.3, 0.4) is 0 Å². The molecule has 25 rings (SSSR count). The van der Waals surface area contributed by atoms with Gasteiger partial charge in [0, 0.05) is 88.3 Å². The summed E-state index contributed by atoms with van der Waals surface area (Å²) in [6, 6.07) is 0. The largest absolute Gasteiger partial charge is 1.00 e. The van der Waals surface area contributed by atoms with Gasteiger partial charge >= 0.3 is 109 Å². The molecule has 36 atom stereocenters. The summed E-state index contributed by atoms with van der Waals surface area (Å²) in [5.41, 5.74) is 1.18. The van der Waals surface area contributed by atoms with Crippen LogP contribution in [0.1, 0.15) is 79.0 Å². The van der Waals surface area contributed by atoms with Crippen molar-refractivity contribution in [2.75, 3.05) is 132 Å². The van der Waals surface area contributed by atoms with Gasteiger partial charge in [-0.15, -0.1) is 6.42 Å². The minimum atomic E-state index is -0.355. The van der Waals surface area contributed by atoms with E-state index in [0.29, 0.717) is 109 Å². The molecule has 662 valence electrons. The van der Waals surface area contributed by atoms with E-state index >= 15 is 0 Å². The number of Topliss-reactive ketones (excluding diaryl/α,β-unsaturated/α-hetero) is 1. The molecule has 25 aliphatic heterocycles. The number of aliphatic hydroxyl groups is 4. The number of rotatable bonds is 4. The first-order valence-electron chi connectivity index (χ1n) is 41.2. The number of esters is 1. The van der Waals surface area contributed by atoms with Crippen molar-refractivity contribution in [3.05, 3.63) is 36.8 Å². The molecule has 40 heteroatoms. The first-order valence-corrected chi connectivity index (χ1v) is 43.6. The molecule has 36 nitrogen and oxygen atoms in total. The van der Waals surface area contributed by atoms with Gasteiger partial charge in [-0.05, 0) is 81.9 Å². The van der Waals surface area contributed by atoms with E-state index in [1.54, 1.807) is 12.5 Å². The van der Waals surface area contributed by atoms with Gasteiger partial charge in [0.15, 0.2) is 93.8 Å². The maximum absolute atomic E-state index is 11.3. The van der Waals surface area contributed by atoms with E-state index in [1.165, 1.54) is 18.9 Å². The average molecular weight is 1970 g/mol. The third kappa shape index (κ3) is 25.3. The predicted octanol–water partition coefficient (Wildman–Crippen LogP) is -3.25. The van der Waals surface area contributed by atoms with Crippen molar-refractivity contribution in [2.45, 2.75) is 210 Å². The molecule has 0 aliphatic carbocycles. The Bertz CT molecular complexity index is 3080. The maximum Gasteiger partial charge on any atom is 1.00 e. The van der Waals surface area contributed by atoms with Gasteiger partial charge in [-0.2, -0.15) is 0 Å². The number of carbonyl (C=O) groups is 3. The molecule has 25 heterocycles. The second-order valence-corrected chi connectivity index (χ2v) is 35.0. The van der Waals surface area contributed by atoms with Crippen LogP contribution in [0.25, 0.3) is 0 Å². The fraction of sp³-hybridized carbons (Fsp3) is 0.861. The number of alkyl halides is 2.